The third-order valence-electron chi connectivity index (χ3n) is 3.77. The molecule has 0 unspecified atom stereocenters. The largest absolute Gasteiger partial charge is 0.353 e. The number of piperazine rings is 1. The molecule has 112 valence electrons. The molecule has 1 aliphatic rings. The number of amides is 1. The van der Waals surface area contributed by atoms with Crippen molar-refractivity contribution in [3.8, 4) is 0 Å². The summed E-state index contributed by atoms with van der Waals surface area (Å²) in [6.07, 6.45) is 1.76. The number of benzene rings is 1. The number of carbonyl (C=O) groups excluding carboxylic acids is 2. The van der Waals surface area contributed by atoms with E-state index in [0.717, 1.165) is 5.82 Å². The van der Waals surface area contributed by atoms with E-state index in [2.05, 4.69) is 9.88 Å². The molecular formula is C17H17N3O2. The van der Waals surface area contributed by atoms with Gasteiger partial charge in [0.2, 0.25) is 5.78 Å². The number of Topliss-reactive ketones (excluding diaryl/α,β-unsaturated/α-hetero) is 1. The highest BCUT2D eigenvalue weighted by Gasteiger charge is 2.26. The van der Waals surface area contributed by atoms with Gasteiger partial charge in [-0.15, -0.1) is 0 Å². The van der Waals surface area contributed by atoms with Crippen LogP contribution in [-0.4, -0.2) is 47.8 Å². The second-order valence-corrected chi connectivity index (χ2v) is 5.16. The Labute approximate surface area is 129 Å². The van der Waals surface area contributed by atoms with Crippen molar-refractivity contribution in [2.75, 3.05) is 31.1 Å². The molecule has 5 nitrogen and oxygen atoms in total. The number of nitrogens with zero attached hydrogens (tertiary/aromatic N) is 3. The monoisotopic (exact) mass is 295 g/mol. The van der Waals surface area contributed by atoms with Gasteiger partial charge >= 0.3 is 0 Å². The van der Waals surface area contributed by atoms with Crippen molar-refractivity contribution in [3.63, 3.8) is 0 Å². The highest BCUT2D eigenvalue weighted by molar-refractivity contribution is 6.42. The van der Waals surface area contributed by atoms with Crippen molar-refractivity contribution in [3.05, 3.63) is 60.3 Å². The van der Waals surface area contributed by atoms with Gasteiger partial charge in [0.05, 0.1) is 0 Å². The molecule has 1 saturated heterocycles. The Morgan fingerprint density at radius 2 is 1.55 bits per heavy atom. The first kappa shape index (κ1) is 14.3. The fourth-order valence-corrected chi connectivity index (χ4v) is 2.54. The highest BCUT2D eigenvalue weighted by Crippen LogP contribution is 2.13. The van der Waals surface area contributed by atoms with Crippen LogP contribution in [0.15, 0.2) is 54.7 Å². The SMILES string of the molecule is O=C(C(=O)N1CCN(c2ccccn2)CC1)c1ccccc1. The summed E-state index contributed by atoms with van der Waals surface area (Å²) in [5.74, 6) is 0.0442. The number of aromatic nitrogens is 1. The van der Waals surface area contributed by atoms with Crippen LogP contribution in [0.2, 0.25) is 0 Å². The van der Waals surface area contributed by atoms with E-state index >= 15 is 0 Å². The molecule has 1 fully saturated rings. The standard InChI is InChI=1S/C17H17N3O2/c21-16(14-6-2-1-3-7-14)17(22)20-12-10-19(11-13-20)15-8-4-5-9-18-15/h1-9H,10-13H2. The van der Waals surface area contributed by atoms with E-state index in [1.54, 1.807) is 35.4 Å². The Kier molecular flexibility index (Phi) is 4.14. The third-order valence-corrected chi connectivity index (χ3v) is 3.77. The van der Waals surface area contributed by atoms with Gasteiger partial charge in [-0.05, 0) is 12.1 Å². The number of pyridine rings is 1. The van der Waals surface area contributed by atoms with Gasteiger partial charge in [-0.2, -0.15) is 0 Å². The van der Waals surface area contributed by atoms with Gasteiger partial charge in [0.1, 0.15) is 5.82 Å². The maximum Gasteiger partial charge on any atom is 0.295 e. The summed E-state index contributed by atoms with van der Waals surface area (Å²) in [5, 5.41) is 0. The molecular weight excluding hydrogens is 278 g/mol. The zero-order chi connectivity index (χ0) is 15.4. The topological polar surface area (TPSA) is 53.5 Å². The summed E-state index contributed by atoms with van der Waals surface area (Å²) in [4.78, 5) is 32.5. The van der Waals surface area contributed by atoms with Gasteiger partial charge < -0.3 is 9.80 Å². The fourth-order valence-electron chi connectivity index (χ4n) is 2.54. The molecule has 1 aromatic heterocycles. The Bertz CT molecular complexity index is 650. The molecule has 0 atom stereocenters. The predicted molar refractivity (Wildman–Crippen MR) is 83.8 cm³/mol. The van der Waals surface area contributed by atoms with Crippen molar-refractivity contribution in [1.29, 1.82) is 0 Å². The summed E-state index contributed by atoms with van der Waals surface area (Å²) in [6, 6.07) is 14.5. The Balaban J connectivity index is 1.62. The van der Waals surface area contributed by atoms with Crippen LogP contribution < -0.4 is 4.90 Å². The lowest BCUT2D eigenvalue weighted by molar-refractivity contribution is -0.126. The van der Waals surface area contributed by atoms with Crippen molar-refractivity contribution in [1.82, 2.24) is 9.88 Å². The van der Waals surface area contributed by atoms with E-state index < -0.39 is 11.7 Å². The fraction of sp³-hybridized carbons (Fsp3) is 0.235. The first-order valence-corrected chi connectivity index (χ1v) is 7.30. The molecule has 22 heavy (non-hydrogen) atoms. The van der Waals surface area contributed by atoms with E-state index in [1.807, 2.05) is 24.3 Å². The molecule has 0 aliphatic carbocycles. The molecule has 5 heteroatoms. The third kappa shape index (κ3) is 2.98. The van der Waals surface area contributed by atoms with Crippen LogP contribution in [0.1, 0.15) is 10.4 Å². The van der Waals surface area contributed by atoms with Crippen LogP contribution in [0.25, 0.3) is 0 Å². The molecule has 0 saturated carbocycles. The number of hydrogen-bond acceptors (Lipinski definition) is 4. The van der Waals surface area contributed by atoms with Gasteiger partial charge in [0.25, 0.3) is 5.91 Å². The zero-order valence-electron chi connectivity index (χ0n) is 12.2. The average molecular weight is 295 g/mol. The molecule has 1 aromatic carbocycles. The highest BCUT2D eigenvalue weighted by atomic mass is 16.2. The van der Waals surface area contributed by atoms with Crippen LogP contribution >= 0.6 is 0 Å². The molecule has 0 radical (unpaired) electrons. The second-order valence-electron chi connectivity index (χ2n) is 5.16. The van der Waals surface area contributed by atoms with Gasteiger partial charge in [0.15, 0.2) is 0 Å². The van der Waals surface area contributed by atoms with E-state index in [-0.39, 0.29) is 0 Å². The maximum atomic E-state index is 12.3. The van der Waals surface area contributed by atoms with Gasteiger partial charge in [0, 0.05) is 37.9 Å². The smallest absolute Gasteiger partial charge is 0.295 e. The molecule has 3 rings (SSSR count). The molecule has 0 N–H and O–H groups in total. The van der Waals surface area contributed by atoms with E-state index in [9.17, 15) is 9.59 Å². The minimum atomic E-state index is -0.438. The van der Waals surface area contributed by atoms with Crippen LogP contribution in [0.3, 0.4) is 0 Å². The van der Waals surface area contributed by atoms with Crippen molar-refractivity contribution in [2.45, 2.75) is 0 Å². The molecule has 1 amide bonds. The lowest BCUT2D eigenvalue weighted by atomic mass is 10.1. The van der Waals surface area contributed by atoms with Crippen LogP contribution in [0.4, 0.5) is 5.82 Å². The Hall–Kier alpha value is -2.69. The second kappa shape index (κ2) is 6.39. The number of ketones is 1. The number of anilines is 1. The van der Waals surface area contributed by atoms with Crippen molar-refractivity contribution < 1.29 is 9.59 Å². The quantitative estimate of drug-likeness (QED) is 0.638. The van der Waals surface area contributed by atoms with Gasteiger partial charge in [-0.1, -0.05) is 36.4 Å². The number of carbonyl (C=O) groups is 2. The van der Waals surface area contributed by atoms with Crippen LogP contribution in [-0.2, 0) is 4.79 Å². The summed E-state index contributed by atoms with van der Waals surface area (Å²) < 4.78 is 0. The summed E-state index contributed by atoms with van der Waals surface area (Å²) >= 11 is 0. The summed E-state index contributed by atoms with van der Waals surface area (Å²) in [7, 11) is 0. The molecule has 2 aromatic rings. The normalized spacial score (nSPS) is 14.7. The minimum Gasteiger partial charge on any atom is -0.353 e. The molecule has 2 heterocycles. The minimum absolute atomic E-state index is 0.424. The predicted octanol–water partition coefficient (Wildman–Crippen LogP) is 1.61. The first-order chi connectivity index (χ1) is 10.8. The summed E-state index contributed by atoms with van der Waals surface area (Å²) in [6.45, 7) is 2.44. The van der Waals surface area contributed by atoms with Crippen LogP contribution in [0.5, 0.6) is 0 Å². The maximum absolute atomic E-state index is 12.3. The van der Waals surface area contributed by atoms with Gasteiger partial charge in [-0.3, -0.25) is 9.59 Å². The molecule has 1 aliphatic heterocycles. The average Bonchev–Trinajstić information content (AvgIpc) is 2.62. The summed E-state index contributed by atoms with van der Waals surface area (Å²) in [5.41, 5.74) is 0.444. The van der Waals surface area contributed by atoms with Gasteiger partial charge in [-0.25, -0.2) is 4.98 Å². The molecule has 0 bridgehead atoms. The first-order valence-electron chi connectivity index (χ1n) is 7.30. The van der Waals surface area contributed by atoms with Crippen molar-refractivity contribution >= 4 is 17.5 Å². The molecule has 0 spiro atoms. The van der Waals surface area contributed by atoms with E-state index in [4.69, 9.17) is 0 Å². The van der Waals surface area contributed by atoms with Crippen LogP contribution in [0, 0.1) is 0 Å². The Morgan fingerprint density at radius 1 is 0.864 bits per heavy atom. The van der Waals surface area contributed by atoms with E-state index in [0.29, 0.717) is 31.7 Å². The zero-order valence-corrected chi connectivity index (χ0v) is 12.2. The van der Waals surface area contributed by atoms with Crippen molar-refractivity contribution in [2.24, 2.45) is 0 Å². The number of hydrogen-bond donors (Lipinski definition) is 0. The van der Waals surface area contributed by atoms with E-state index in [1.165, 1.54) is 0 Å². The number of rotatable bonds is 3. The lowest BCUT2D eigenvalue weighted by Crippen LogP contribution is -2.50. The lowest BCUT2D eigenvalue weighted by Gasteiger charge is -2.35. The Morgan fingerprint density at radius 3 is 2.18 bits per heavy atom.